The highest BCUT2D eigenvalue weighted by atomic mass is 16.5. The summed E-state index contributed by atoms with van der Waals surface area (Å²) in [5.74, 6) is 1.14. The van der Waals surface area contributed by atoms with Gasteiger partial charge in [-0.3, -0.25) is 4.79 Å². The van der Waals surface area contributed by atoms with Crippen LogP contribution in [0.5, 0.6) is 5.75 Å². The van der Waals surface area contributed by atoms with Gasteiger partial charge >= 0.3 is 0 Å². The lowest BCUT2D eigenvalue weighted by Crippen LogP contribution is -2.43. The first kappa shape index (κ1) is 18.5. The molecule has 0 radical (unpaired) electrons. The molecule has 0 saturated carbocycles. The van der Waals surface area contributed by atoms with Gasteiger partial charge in [0.05, 0.1) is 6.61 Å². The molecule has 22 heavy (non-hydrogen) atoms. The molecule has 0 aliphatic carbocycles. The maximum absolute atomic E-state index is 12.6. The summed E-state index contributed by atoms with van der Waals surface area (Å²) >= 11 is 0. The minimum Gasteiger partial charge on any atom is -0.493 e. The molecular weight excluding hydrogens is 278 g/mol. The summed E-state index contributed by atoms with van der Waals surface area (Å²) in [7, 11) is 1.58. The third kappa shape index (κ3) is 4.47. The molecule has 1 amide bonds. The summed E-state index contributed by atoms with van der Waals surface area (Å²) in [6.45, 7) is 12.5. The Morgan fingerprint density at radius 1 is 1.27 bits per heavy atom. The molecule has 4 heteroatoms. The predicted octanol–water partition coefficient (Wildman–Crippen LogP) is 4.09. The van der Waals surface area contributed by atoms with Crippen LogP contribution in [0.25, 0.3) is 0 Å². The molecule has 0 bridgehead atoms. The second-order valence-electron chi connectivity index (χ2n) is 6.36. The fourth-order valence-corrected chi connectivity index (χ4v) is 2.71. The van der Waals surface area contributed by atoms with E-state index in [1.807, 2.05) is 39.8 Å². The maximum atomic E-state index is 12.6. The van der Waals surface area contributed by atoms with Gasteiger partial charge in [-0.1, -0.05) is 13.8 Å². The number of rotatable bonds is 7. The number of methoxy groups -OCH3 is 1. The zero-order valence-electron chi connectivity index (χ0n) is 14.9. The van der Waals surface area contributed by atoms with E-state index in [1.165, 1.54) is 0 Å². The molecule has 0 fully saturated rings. The molecule has 124 valence electrons. The van der Waals surface area contributed by atoms with Crippen LogP contribution in [-0.2, 0) is 9.53 Å². The van der Waals surface area contributed by atoms with E-state index in [4.69, 9.17) is 9.47 Å². The van der Waals surface area contributed by atoms with Gasteiger partial charge < -0.3 is 14.8 Å². The van der Waals surface area contributed by atoms with Crippen molar-refractivity contribution in [2.75, 3.05) is 19.0 Å². The van der Waals surface area contributed by atoms with Crippen LogP contribution in [0.2, 0.25) is 0 Å². The fourth-order valence-electron chi connectivity index (χ4n) is 2.71. The van der Waals surface area contributed by atoms with Gasteiger partial charge in [0.25, 0.3) is 5.91 Å². The molecule has 0 heterocycles. The minimum absolute atomic E-state index is 0.119. The number of hydrogen-bond donors (Lipinski definition) is 1. The van der Waals surface area contributed by atoms with Crippen LogP contribution in [0.15, 0.2) is 12.1 Å². The highest BCUT2D eigenvalue weighted by Crippen LogP contribution is 2.29. The number of aryl methyl sites for hydroxylation is 2. The maximum Gasteiger partial charge on any atom is 0.256 e. The Bertz CT molecular complexity index is 502. The Labute approximate surface area is 134 Å². The van der Waals surface area contributed by atoms with Gasteiger partial charge in [-0.2, -0.15) is 0 Å². The van der Waals surface area contributed by atoms with Gasteiger partial charge in [0.15, 0.2) is 0 Å². The van der Waals surface area contributed by atoms with E-state index in [0.717, 1.165) is 22.6 Å². The van der Waals surface area contributed by atoms with Crippen molar-refractivity contribution >= 4 is 11.6 Å². The van der Waals surface area contributed by atoms with Gasteiger partial charge in [-0.15, -0.1) is 0 Å². The van der Waals surface area contributed by atoms with Crippen LogP contribution in [0.3, 0.4) is 0 Å². The third-order valence-corrected chi connectivity index (χ3v) is 3.74. The molecule has 1 N–H and O–H groups in total. The van der Waals surface area contributed by atoms with E-state index in [0.29, 0.717) is 18.9 Å². The summed E-state index contributed by atoms with van der Waals surface area (Å²) < 4.78 is 11.1. The van der Waals surface area contributed by atoms with Gasteiger partial charge in [0, 0.05) is 12.8 Å². The SMILES string of the molecule is CCOc1c(C)cc(NC(=O)[C@](C)(CC(C)C)OC)cc1C. The molecule has 1 aromatic carbocycles. The second-order valence-corrected chi connectivity index (χ2v) is 6.36. The number of hydrogen-bond acceptors (Lipinski definition) is 3. The molecule has 0 aliphatic rings. The Kier molecular flexibility index (Phi) is 6.42. The highest BCUT2D eigenvalue weighted by molar-refractivity contribution is 5.97. The smallest absolute Gasteiger partial charge is 0.256 e. The van der Waals surface area contributed by atoms with Crippen LogP contribution in [-0.4, -0.2) is 25.2 Å². The molecule has 0 spiro atoms. The summed E-state index contributed by atoms with van der Waals surface area (Å²) in [6, 6.07) is 3.86. The number of carbonyl (C=O) groups excluding carboxylic acids is 1. The summed E-state index contributed by atoms with van der Waals surface area (Å²) in [4.78, 5) is 12.6. The molecule has 0 aromatic heterocycles. The Morgan fingerprint density at radius 3 is 2.23 bits per heavy atom. The first-order valence-corrected chi connectivity index (χ1v) is 7.84. The fraction of sp³-hybridized carbons (Fsp3) is 0.611. The molecule has 0 unspecified atom stereocenters. The molecule has 1 rings (SSSR count). The quantitative estimate of drug-likeness (QED) is 0.825. The second kappa shape index (κ2) is 7.63. The predicted molar refractivity (Wildman–Crippen MR) is 90.6 cm³/mol. The van der Waals surface area contributed by atoms with Crippen LogP contribution in [0.1, 0.15) is 45.2 Å². The summed E-state index contributed by atoms with van der Waals surface area (Å²) in [5, 5.41) is 2.97. The van der Waals surface area contributed by atoms with Crippen molar-refractivity contribution in [3.63, 3.8) is 0 Å². The monoisotopic (exact) mass is 307 g/mol. The van der Waals surface area contributed by atoms with E-state index in [1.54, 1.807) is 7.11 Å². The van der Waals surface area contributed by atoms with Gasteiger partial charge in [0.2, 0.25) is 0 Å². The van der Waals surface area contributed by atoms with E-state index >= 15 is 0 Å². The molecule has 1 atom stereocenters. The normalized spacial score (nSPS) is 13.8. The van der Waals surface area contributed by atoms with Gasteiger partial charge in [0.1, 0.15) is 11.4 Å². The number of carbonyl (C=O) groups is 1. The topological polar surface area (TPSA) is 47.6 Å². The molecule has 4 nitrogen and oxygen atoms in total. The average Bonchev–Trinajstić information content (AvgIpc) is 2.42. The lowest BCUT2D eigenvalue weighted by molar-refractivity contribution is -0.137. The first-order chi connectivity index (χ1) is 10.2. The van der Waals surface area contributed by atoms with E-state index in [2.05, 4.69) is 19.2 Å². The van der Waals surface area contributed by atoms with Crippen LogP contribution in [0, 0.1) is 19.8 Å². The number of benzene rings is 1. The number of anilines is 1. The number of ether oxygens (including phenoxy) is 2. The number of amides is 1. The largest absolute Gasteiger partial charge is 0.493 e. The van der Waals surface area contributed by atoms with Crippen molar-refractivity contribution in [1.82, 2.24) is 0 Å². The number of nitrogens with one attached hydrogen (secondary N) is 1. The van der Waals surface area contributed by atoms with Crippen molar-refractivity contribution in [2.45, 2.75) is 53.6 Å². The van der Waals surface area contributed by atoms with Crippen molar-refractivity contribution < 1.29 is 14.3 Å². The Balaban J connectivity index is 2.97. The standard InChI is InChI=1S/C18H29NO3/c1-8-22-16-13(4)9-15(10-14(16)5)19-17(20)18(6,21-7)11-12(2)3/h9-10,12H,8,11H2,1-7H3,(H,19,20)/t18-/m0/s1. The van der Waals surface area contributed by atoms with Gasteiger partial charge in [-0.25, -0.2) is 0 Å². The molecule has 0 saturated heterocycles. The van der Waals surface area contributed by atoms with Crippen molar-refractivity contribution in [3.05, 3.63) is 23.3 Å². The van der Waals surface area contributed by atoms with Crippen LogP contribution in [0.4, 0.5) is 5.69 Å². The first-order valence-electron chi connectivity index (χ1n) is 7.84. The van der Waals surface area contributed by atoms with E-state index in [9.17, 15) is 4.79 Å². The van der Waals surface area contributed by atoms with Crippen molar-refractivity contribution in [2.24, 2.45) is 5.92 Å². The Morgan fingerprint density at radius 2 is 1.82 bits per heavy atom. The lowest BCUT2D eigenvalue weighted by Gasteiger charge is -2.28. The van der Waals surface area contributed by atoms with Crippen molar-refractivity contribution in [3.8, 4) is 5.75 Å². The molecular formula is C18H29NO3. The van der Waals surface area contributed by atoms with Crippen molar-refractivity contribution in [1.29, 1.82) is 0 Å². The zero-order chi connectivity index (χ0) is 16.9. The third-order valence-electron chi connectivity index (χ3n) is 3.74. The highest BCUT2D eigenvalue weighted by Gasteiger charge is 2.34. The van der Waals surface area contributed by atoms with Gasteiger partial charge in [-0.05, 0) is 63.3 Å². The minimum atomic E-state index is -0.825. The Hall–Kier alpha value is -1.55. The summed E-state index contributed by atoms with van der Waals surface area (Å²) in [5.41, 5.74) is 1.98. The van der Waals surface area contributed by atoms with Crippen LogP contribution < -0.4 is 10.1 Å². The lowest BCUT2D eigenvalue weighted by atomic mass is 9.93. The molecule has 1 aromatic rings. The van der Waals surface area contributed by atoms with E-state index in [-0.39, 0.29) is 5.91 Å². The summed E-state index contributed by atoms with van der Waals surface area (Å²) in [6.07, 6.45) is 0.671. The van der Waals surface area contributed by atoms with E-state index < -0.39 is 5.60 Å². The average molecular weight is 307 g/mol. The molecule has 0 aliphatic heterocycles. The zero-order valence-corrected chi connectivity index (χ0v) is 14.9. The van der Waals surface area contributed by atoms with Crippen LogP contribution >= 0.6 is 0 Å².